The van der Waals surface area contributed by atoms with Crippen LogP contribution in [0, 0.1) is 12.3 Å². The van der Waals surface area contributed by atoms with Gasteiger partial charge in [-0.2, -0.15) is 0 Å². The van der Waals surface area contributed by atoms with Gasteiger partial charge in [-0.25, -0.2) is 4.79 Å². The highest BCUT2D eigenvalue weighted by Crippen LogP contribution is 2.36. The van der Waals surface area contributed by atoms with Crippen LogP contribution < -0.4 is 4.74 Å². The minimum absolute atomic E-state index is 0.193. The second-order valence-electron chi connectivity index (χ2n) is 3.73. The molecule has 0 aliphatic carbocycles. The fraction of sp³-hybridized carbons (Fsp3) is 0.214. The predicted molar refractivity (Wildman–Crippen MR) is 63.4 cm³/mol. The minimum Gasteiger partial charge on any atom is -0.481 e. The largest absolute Gasteiger partial charge is 0.481 e. The lowest BCUT2D eigenvalue weighted by molar-refractivity contribution is -0.139. The summed E-state index contributed by atoms with van der Waals surface area (Å²) in [4.78, 5) is 11.3. The number of carbonyl (C=O) groups excluding carboxylic acids is 1. The van der Waals surface area contributed by atoms with Crippen LogP contribution in [0.15, 0.2) is 36.4 Å². The Morgan fingerprint density at radius 2 is 2.29 bits per heavy atom. The van der Waals surface area contributed by atoms with Crippen LogP contribution in [0.4, 0.5) is 0 Å². The van der Waals surface area contributed by atoms with Crippen molar-refractivity contribution < 1.29 is 14.3 Å². The van der Waals surface area contributed by atoms with E-state index in [1.165, 1.54) is 0 Å². The average Bonchev–Trinajstić information content (AvgIpc) is 2.67. The lowest BCUT2D eigenvalue weighted by atomic mass is 10.0. The smallest absolute Gasteiger partial charge is 0.334 e. The third-order valence-corrected chi connectivity index (χ3v) is 2.55. The molecular formula is C14H12O3. The molecule has 1 unspecified atom stereocenters. The van der Waals surface area contributed by atoms with E-state index in [1.54, 1.807) is 0 Å². The number of benzene rings is 1. The Kier molecular flexibility index (Phi) is 3.15. The number of terminal acetylenes is 1. The average molecular weight is 228 g/mol. The number of hydrogen-bond acceptors (Lipinski definition) is 3. The lowest BCUT2D eigenvalue weighted by Crippen LogP contribution is -2.03. The molecule has 0 radical (unpaired) electrons. The molecule has 0 aromatic heterocycles. The van der Waals surface area contributed by atoms with Crippen LogP contribution in [0.25, 0.3) is 0 Å². The predicted octanol–water partition coefficient (Wildman–Crippen LogP) is 2.24. The SMILES string of the molecule is C#CCOc1ccccc1C1CC(=C)C(=O)O1. The molecule has 0 saturated carbocycles. The van der Waals surface area contributed by atoms with Gasteiger partial charge in [0, 0.05) is 17.6 Å². The van der Waals surface area contributed by atoms with Gasteiger partial charge in [0.2, 0.25) is 0 Å². The zero-order valence-corrected chi connectivity index (χ0v) is 9.31. The van der Waals surface area contributed by atoms with E-state index in [9.17, 15) is 4.79 Å². The van der Waals surface area contributed by atoms with Crippen molar-refractivity contribution in [2.24, 2.45) is 0 Å². The molecule has 2 rings (SSSR count). The molecule has 1 saturated heterocycles. The molecule has 1 heterocycles. The Balaban J connectivity index is 2.24. The third kappa shape index (κ3) is 2.31. The quantitative estimate of drug-likeness (QED) is 0.452. The Morgan fingerprint density at radius 1 is 1.53 bits per heavy atom. The van der Waals surface area contributed by atoms with Crippen molar-refractivity contribution in [1.29, 1.82) is 0 Å². The molecule has 3 nitrogen and oxygen atoms in total. The molecule has 1 atom stereocenters. The monoisotopic (exact) mass is 228 g/mol. The second-order valence-corrected chi connectivity index (χ2v) is 3.73. The zero-order valence-electron chi connectivity index (χ0n) is 9.31. The molecule has 86 valence electrons. The first-order chi connectivity index (χ1) is 8.22. The molecule has 1 aromatic carbocycles. The Bertz CT molecular complexity index is 480. The highest BCUT2D eigenvalue weighted by atomic mass is 16.6. The van der Waals surface area contributed by atoms with Crippen molar-refractivity contribution in [2.75, 3.05) is 6.61 Å². The van der Waals surface area contributed by atoms with Gasteiger partial charge in [-0.3, -0.25) is 0 Å². The maximum atomic E-state index is 11.3. The van der Waals surface area contributed by atoms with E-state index < -0.39 is 0 Å². The molecule has 1 aliphatic rings. The van der Waals surface area contributed by atoms with E-state index in [4.69, 9.17) is 15.9 Å². The minimum atomic E-state index is -0.346. The molecule has 1 aromatic rings. The Hall–Kier alpha value is -2.21. The molecule has 1 aliphatic heterocycles. The zero-order chi connectivity index (χ0) is 12.3. The van der Waals surface area contributed by atoms with E-state index in [2.05, 4.69) is 12.5 Å². The normalized spacial score (nSPS) is 18.6. The van der Waals surface area contributed by atoms with Gasteiger partial charge in [0.25, 0.3) is 0 Å². The molecule has 0 spiro atoms. The molecule has 17 heavy (non-hydrogen) atoms. The van der Waals surface area contributed by atoms with E-state index in [-0.39, 0.29) is 18.7 Å². The summed E-state index contributed by atoms with van der Waals surface area (Å²) in [6, 6.07) is 7.39. The van der Waals surface area contributed by atoms with Crippen molar-refractivity contribution in [1.82, 2.24) is 0 Å². The van der Waals surface area contributed by atoms with Gasteiger partial charge in [0.15, 0.2) is 0 Å². The molecule has 0 bridgehead atoms. The highest BCUT2D eigenvalue weighted by Gasteiger charge is 2.30. The number of ether oxygens (including phenoxy) is 2. The fourth-order valence-electron chi connectivity index (χ4n) is 1.73. The summed E-state index contributed by atoms with van der Waals surface area (Å²) >= 11 is 0. The molecule has 1 fully saturated rings. The van der Waals surface area contributed by atoms with Gasteiger partial charge in [-0.15, -0.1) is 6.42 Å². The Labute approximate surface area is 100 Å². The topological polar surface area (TPSA) is 35.5 Å². The maximum absolute atomic E-state index is 11.3. The van der Waals surface area contributed by atoms with Gasteiger partial charge in [-0.1, -0.05) is 30.7 Å². The van der Waals surface area contributed by atoms with Crippen molar-refractivity contribution in [3.63, 3.8) is 0 Å². The molecular weight excluding hydrogens is 216 g/mol. The van der Waals surface area contributed by atoms with Gasteiger partial charge in [-0.05, 0) is 6.07 Å². The van der Waals surface area contributed by atoms with Crippen LogP contribution in [0.3, 0.4) is 0 Å². The summed E-state index contributed by atoms with van der Waals surface area (Å²) in [5, 5.41) is 0. The number of cyclic esters (lactones) is 1. The fourth-order valence-corrected chi connectivity index (χ4v) is 1.73. The third-order valence-electron chi connectivity index (χ3n) is 2.55. The lowest BCUT2D eigenvalue weighted by Gasteiger charge is -2.13. The number of para-hydroxylation sites is 1. The van der Waals surface area contributed by atoms with Crippen LogP contribution >= 0.6 is 0 Å². The number of rotatable bonds is 3. The number of esters is 1. The van der Waals surface area contributed by atoms with Crippen LogP contribution in [-0.2, 0) is 9.53 Å². The van der Waals surface area contributed by atoms with Crippen LogP contribution in [0.5, 0.6) is 5.75 Å². The summed E-state index contributed by atoms with van der Waals surface area (Å²) in [5.41, 5.74) is 1.32. The first kappa shape index (κ1) is 11.3. The number of hydrogen-bond donors (Lipinski definition) is 0. The van der Waals surface area contributed by atoms with E-state index in [0.717, 1.165) is 5.56 Å². The van der Waals surface area contributed by atoms with Gasteiger partial charge in [0.05, 0.1) is 0 Å². The second kappa shape index (κ2) is 4.75. The van der Waals surface area contributed by atoms with Crippen LogP contribution in [0.1, 0.15) is 18.1 Å². The first-order valence-electron chi connectivity index (χ1n) is 5.26. The molecule has 0 N–H and O–H groups in total. The number of carbonyl (C=O) groups is 1. The summed E-state index contributed by atoms with van der Waals surface area (Å²) < 4.78 is 10.6. The first-order valence-corrected chi connectivity index (χ1v) is 5.26. The summed E-state index contributed by atoms with van der Waals surface area (Å²) in [6.07, 6.45) is 5.33. The summed E-state index contributed by atoms with van der Waals surface area (Å²) in [6.45, 7) is 3.85. The van der Waals surface area contributed by atoms with Crippen molar-refractivity contribution in [3.8, 4) is 18.1 Å². The molecule has 0 amide bonds. The van der Waals surface area contributed by atoms with Crippen molar-refractivity contribution >= 4 is 5.97 Å². The van der Waals surface area contributed by atoms with Crippen molar-refractivity contribution in [2.45, 2.75) is 12.5 Å². The van der Waals surface area contributed by atoms with Gasteiger partial charge in [0.1, 0.15) is 18.5 Å². The van der Waals surface area contributed by atoms with E-state index in [0.29, 0.717) is 17.7 Å². The summed E-state index contributed by atoms with van der Waals surface area (Å²) in [7, 11) is 0. The van der Waals surface area contributed by atoms with E-state index in [1.807, 2.05) is 24.3 Å². The van der Waals surface area contributed by atoms with Crippen LogP contribution in [-0.4, -0.2) is 12.6 Å². The summed E-state index contributed by atoms with van der Waals surface area (Å²) in [5.74, 6) is 2.71. The highest BCUT2D eigenvalue weighted by molar-refractivity contribution is 5.90. The van der Waals surface area contributed by atoms with Gasteiger partial charge >= 0.3 is 5.97 Å². The van der Waals surface area contributed by atoms with Crippen molar-refractivity contribution in [3.05, 3.63) is 42.0 Å². The van der Waals surface area contributed by atoms with Gasteiger partial charge < -0.3 is 9.47 Å². The maximum Gasteiger partial charge on any atom is 0.334 e. The van der Waals surface area contributed by atoms with Crippen LogP contribution in [0.2, 0.25) is 0 Å². The Morgan fingerprint density at radius 3 is 2.94 bits per heavy atom. The van der Waals surface area contributed by atoms with E-state index >= 15 is 0 Å². The standard InChI is InChI=1S/C14H12O3/c1-3-8-16-12-7-5-4-6-11(12)13-9-10(2)14(15)17-13/h1,4-7,13H,2,8-9H2. The molecule has 3 heteroatoms.